The van der Waals surface area contributed by atoms with E-state index in [0.717, 1.165) is 37.1 Å². The van der Waals surface area contributed by atoms with Gasteiger partial charge in [-0.3, -0.25) is 9.89 Å². The molecule has 1 fully saturated rings. The number of fused-ring (bicyclic) bond motifs is 3. The molecule has 2 aromatic rings. The minimum absolute atomic E-state index is 0.218. The number of hydrogen-bond acceptors (Lipinski definition) is 2. The highest BCUT2D eigenvalue weighted by atomic mass is 19.4. The number of nitrogens with one attached hydrogen (secondary N) is 1. The van der Waals surface area contributed by atoms with Crippen LogP contribution in [0.15, 0.2) is 18.2 Å². The topological polar surface area (TPSA) is 45.8 Å². The molecule has 0 spiro atoms. The highest BCUT2D eigenvalue weighted by Crippen LogP contribution is 2.45. The summed E-state index contributed by atoms with van der Waals surface area (Å²) in [4.78, 5) is 12.4. The van der Waals surface area contributed by atoms with Gasteiger partial charge in [-0.15, -0.1) is 0 Å². The second-order valence-corrected chi connectivity index (χ2v) is 5.58. The highest BCUT2D eigenvalue weighted by Gasteiger charge is 2.38. The molecule has 1 saturated carbocycles. The van der Waals surface area contributed by atoms with Crippen LogP contribution in [0.1, 0.15) is 52.4 Å². The van der Waals surface area contributed by atoms with Crippen LogP contribution in [0.4, 0.5) is 13.2 Å². The lowest BCUT2D eigenvalue weighted by Crippen LogP contribution is -2.13. The van der Waals surface area contributed by atoms with E-state index in [1.165, 1.54) is 6.07 Å². The average molecular weight is 292 g/mol. The van der Waals surface area contributed by atoms with E-state index in [0.29, 0.717) is 16.8 Å². The van der Waals surface area contributed by atoms with Crippen LogP contribution in [0.3, 0.4) is 0 Å². The van der Waals surface area contributed by atoms with E-state index >= 15 is 0 Å². The minimum atomic E-state index is -4.42. The first-order valence-electron chi connectivity index (χ1n) is 6.81. The van der Waals surface area contributed by atoms with Crippen LogP contribution in [-0.4, -0.2) is 16.0 Å². The lowest BCUT2D eigenvalue weighted by molar-refractivity contribution is -0.137. The maximum atomic E-state index is 12.8. The third-order valence-electron chi connectivity index (χ3n) is 4.38. The number of nitrogens with zero attached hydrogens (tertiary/aromatic N) is 1. The van der Waals surface area contributed by atoms with Crippen LogP contribution < -0.4 is 0 Å². The predicted molar refractivity (Wildman–Crippen MR) is 69.1 cm³/mol. The number of rotatable bonds is 1. The number of aromatic nitrogens is 2. The standard InChI is InChI=1S/C15H11F3N2O/c16-15(17,18)8-4-5-9-10(6-8)13-11(14(9)21)12(19-20-13)7-2-1-3-7/h4-7H,1-3H2,(H,19,20). The van der Waals surface area contributed by atoms with Gasteiger partial charge < -0.3 is 0 Å². The molecule has 0 radical (unpaired) electrons. The van der Waals surface area contributed by atoms with Crippen molar-refractivity contribution < 1.29 is 18.0 Å². The van der Waals surface area contributed by atoms with Crippen molar-refractivity contribution in [2.24, 2.45) is 0 Å². The van der Waals surface area contributed by atoms with E-state index in [2.05, 4.69) is 10.2 Å². The van der Waals surface area contributed by atoms with E-state index in [-0.39, 0.29) is 17.3 Å². The quantitative estimate of drug-likeness (QED) is 0.739. The third kappa shape index (κ3) is 1.68. The molecule has 2 aliphatic carbocycles. The van der Waals surface area contributed by atoms with Crippen LogP contribution in [0.25, 0.3) is 11.3 Å². The van der Waals surface area contributed by atoms with Gasteiger partial charge in [0.05, 0.1) is 16.8 Å². The zero-order chi connectivity index (χ0) is 14.8. The Hall–Kier alpha value is -2.11. The van der Waals surface area contributed by atoms with Crippen molar-refractivity contribution in [1.82, 2.24) is 10.2 Å². The summed E-state index contributed by atoms with van der Waals surface area (Å²) in [7, 11) is 0. The van der Waals surface area contributed by atoms with Gasteiger partial charge >= 0.3 is 6.18 Å². The van der Waals surface area contributed by atoms with Gasteiger partial charge in [-0.05, 0) is 31.0 Å². The number of hydrogen-bond donors (Lipinski definition) is 1. The fraction of sp³-hybridized carbons (Fsp3) is 0.333. The molecule has 3 nitrogen and oxygen atoms in total. The van der Waals surface area contributed by atoms with E-state index < -0.39 is 11.7 Å². The average Bonchev–Trinajstić information content (AvgIpc) is 2.88. The number of ketones is 1. The summed E-state index contributed by atoms with van der Waals surface area (Å²) in [5, 5.41) is 6.96. The smallest absolute Gasteiger partial charge is 0.288 e. The van der Waals surface area contributed by atoms with Gasteiger partial charge in [0.1, 0.15) is 5.69 Å². The monoisotopic (exact) mass is 292 g/mol. The Bertz CT molecular complexity index is 757. The molecule has 0 amide bonds. The maximum Gasteiger partial charge on any atom is 0.416 e. The lowest BCUT2D eigenvalue weighted by Gasteiger charge is -2.24. The molecule has 1 heterocycles. The van der Waals surface area contributed by atoms with Crippen molar-refractivity contribution in [1.29, 1.82) is 0 Å². The second-order valence-electron chi connectivity index (χ2n) is 5.58. The summed E-state index contributed by atoms with van der Waals surface area (Å²) in [5.41, 5.74) is 1.46. The van der Waals surface area contributed by atoms with Crippen LogP contribution in [0.2, 0.25) is 0 Å². The molecule has 108 valence electrons. The molecule has 21 heavy (non-hydrogen) atoms. The molecule has 0 aliphatic heterocycles. The summed E-state index contributed by atoms with van der Waals surface area (Å²) >= 11 is 0. The third-order valence-corrected chi connectivity index (χ3v) is 4.38. The van der Waals surface area contributed by atoms with Gasteiger partial charge in [-0.2, -0.15) is 18.3 Å². The summed E-state index contributed by atoms with van der Waals surface area (Å²) < 4.78 is 38.4. The van der Waals surface area contributed by atoms with Crippen molar-refractivity contribution in [2.75, 3.05) is 0 Å². The molecular formula is C15H11F3N2O. The fourth-order valence-corrected chi connectivity index (χ4v) is 3.02. The van der Waals surface area contributed by atoms with Crippen molar-refractivity contribution in [2.45, 2.75) is 31.4 Å². The number of benzene rings is 1. The number of aromatic amines is 1. The van der Waals surface area contributed by atoms with E-state index in [4.69, 9.17) is 0 Å². The first-order chi connectivity index (χ1) is 9.97. The van der Waals surface area contributed by atoms with Gasteiger partial charge in [0.15, 0.2) is 5.78 Å². The minimum Gasteiger partial charge on any atom is -0.288 e. The molecule has 0 unspecified atom stereocenters. The molecule has 1 aromatic heterocycles. The number of carbonyl (C=O) groups is 1. The zero-order valence-corrected chi connectivity index (χ0v) is 10.9. The van der Waals surface area contributed by atoms with E-state index in [1.54, 1.807) is 0 Å². The van der Waals surface area contributed by atoms with Crippen LogP contribution in [0, 0.1) is 0 Å². The van der Waals surface area contributed by atoms with Gasteiger partial charge in [0.2, 0.25) is 0 Å². The van der Waals surface area contributed by atoms with E-state index in [1.807, 2.05) is 0 Å². The second kappa shape index (κ2) is 3.96. The van der Waals surface area contributed by atoms with Gasteiger partial charge in [0.25, 0.3) is 0 Å². The first-order valence-corrected chi connectivity index (χ1v) is 6.81. The first kappa shape index (κ1) is 12.6. The molecular weight excluding hydrogens is 281 g/mol. The van der Waals surface area contributed by atoms with Crippen molar-refractivity contribution in [3.05, 3.63) is 40.6 Å². The van der Waals surface area contributed by atoms with Crippen molar-refractivity contribution >= 4 is 5.78 Å². The van der Waals surface area contributed by atoms with Crippen molar-refractivity contribution in [3.63, 3.8) is 0 Å². The largest absolute Gasteiger partial charge is 0.416 e. The normalized spacial score (nSPS) is 17.6. The molecule has 1 N–H and O–H groups in total. The Morgan fingerprint density at radius 3 is 2.57 bits per heavy atom. The Balaban J connectivity index is 1.87. The van der Waals surface area contributed by atoms with Crippen LogP contribution in [-0.2, 0) is 6.18 Å². The Kier molecular flexibility index (Phi) is 2.38. The summed E-state index contributed by atoms with van der Waals surface area (Å²) in [6.07, 6.45) is -1.33. The van der Waals surface area contributed by atoms with Gasteiger partial charge in [0, 0.05) is 17.0 Å². The number of alkyl halides is 3. The summed E-state index contributed by atoms with van der Waals surface area (Å²) in [6.45, 7) is 0. The number of H-pyrrole nitrogens is 1. The molecule has 0 atom stereocenters. The lowest BCUT2D eigenvalue weighted by atomic mass is 9.81. The molecule has 1 aromatic carbocycles. The van der Waals surface area contributed by atoms with Crippen LogP contribution >= 0.6 is 0 Å². The molecule has 6 heteroatoms. The summed E-state index contributed by atoms with van der Waals surface area (Å²) in [6, 6.07) is 3.23. The van der Waals surface area contributed by atoms with Gasteiger partial charge in [-0.1, -0.05) is 6.42 Å². The number of carbonyl (C=O) groups excluding carboxylic acids is 1. The highest BCUT2D eigenvalue weighted by molar-refractivity contribution is 6.21. The molecule has 0 bridgehead atoms. The SMILES string of the molecule is O=C1c2ccc(C(F)(F)F)cc2-c2n[nH]c(C3CCC3)c21. The summed E-state index contributed by atoms with van der Waals surface area (Å²) in [5.74, 6) is 0.0611. The molecule has 2 aliphatic rings. The van der Waals surface area contributed by atoms with Crippen molar-refractivity contribution in [3.8, 4) is 11.3 Å². The number of halogens is 3. The zero-order valence-electron chi connectivity index (χ0n) is 10.9. The molecule has 4 rings (SSSR count). The molecule has 0 saturated heterocycles. The maximum absolute atomic E-state index is 12.8. The Morgan fingerprint density at radius 2 is 1.95 bits per heavy atom. The van der Waals surface area contributed by atoms with Gasteiger partial charge in [-0.25, -0.2) is 0 Å². The Morgan fingerprint density at radius 1 is 1.19 bits per heavy atom. The van der Waals surface area contributed by atoms with E-state index in [9.17, 15) is 18.0 Å². The predicted octanol–water partition coefficient (Wildman–Crippen LogP) is 3.91. The fourth-order valence-electron chi connectivity index (χ4n) is 3.02. The van der Waals surface area contributed by atoms with Crippen LogP contribution in [0.5, 0.6) is 0 Å². The Labute approximate surface area is 118 Å².